The van der Waals surface area contributed by atoms with Crippen LogP contribution in [0, 0.1) is 6.92 Å². The highest BCUT2D eigenvalue weighted by atomic mass is 79.9. The second-order valence-electron chi connectivity index (χ2n) is 4.24. The van der Waals surface area contributed by atoms with Gasteiger partial charge in [-0.1, -0.05) is 22.9 Å². The van der Waals surface area contributed by atoms with E-state index in [9.17, 15) is 13.2 Å². The van der Waals surface area contributed by atoms with Gasteiger partial charge in [-0.25, -0.2) is 8.42 Å². The first-order valence-electron chi connectivity index (χ1n) is 5.68. The van der Waals surface area contributed by atoms with E-state index >= 15 is 0 Å². The lowest BCUT2D eigenvalue weighted by Gasteiger charge is -2.18. The standard InChI is InChI=1S/C12H15BrClNO3S/c1-4-5-15(3)12(16)10-6-9(19(14,17)18)7-11(13)8(10)2/h6-7H,4-5H2,1-3H3. The lowest BCUT2D eigenvalue weighted by atomic mass is 10.1. The van der Waals surface area contributed by atoms with Gasteiger partial charge in [0.1, 0.15) is 0 Å². The fraction of sp³-hybridized carbons (Fsp3) is 0.417. The molecule has 0 heterocycles. The second kappa shape index (κ2) is 6.24. The third kappa shape index (κ3) is 3.94. The van der Waals surface area contributed by atoms with Crippen molar-refractivity contribution in [1.29, 1.82) is 0 Å². The first-order chi connectivity index (χ1) is 8.68. The molecule has 1 aromatic carbocycles. The maximum atomic E-state index is 12.3. The van der Waals surface area contributed by atoms with Crippen LogP contribution in [0.5, 0.6) is 0 Å². The van der Waals surface area contributed by atoms with Gasteiger partial charge in [0.15, 0.2) is 0 Å². The van der Waals surface area contributed by atoms with Gasteiger partial charge in [0, 0.05) is 34.3 Å². The van der Waals surface area contributed by atoms with Crippen LogP contribution in [0.25, 0.3) is 0 Å². The molecule has 0 spiro atoms. The number of hydrogen-bond acceptors (Lipinski definition) is 3. The Hall–Kier alpha value is -0.590. The van der Waals surface area contributed by atoms with Crippen molar-refractivity contribution in [3.05, 3.63) is 27.7 Å². The van der Waals surface area contributed by atoms with E-state index in [1.807, 2.05) is 6.92 Å². The van der Waals surface area contributed by atoms with Crippen molar-refractivity contribution in [3.8, 4) is 0 Å². The summed E-state index contributed by atoms with van der Waals surface area (Å²) in [7, 11) is 3.14. The van der Waals surface area contributed by atoms with Crippen LogP contribution in [0.2, 0.25) is 0 Å². The lowest BCUT2D eigenvalue weighted by molar-refractivity contribution is 0.0794. The van der Waals surface area contributed by atoms with E-state index in [1.54, 1.807) is 18.9 Å². The first kappa shape index (κ1) is 16.5. The van der Waals surface area contributed by atoms with E-state index in [0.29, 0.717) is 22.1 Å². The number of halogens is 2. The molecule has 7 heteroatoms. The molecule has 0 unspecified atom stereocenters. The van der Waals surface area contributed by atoms with Crippen LogP contribution in [0.15, 0.2) is 21.5 Å². The third-order valence-corrected chi connectivity index (χ3v) is 4.89. The minimum atomic E-state index is -3.86. The predicted molar refractivity (Wildman–Crippen MR) is 79.2 cm³/mol. The zero-order chi connectivity index (χ0) is 14.8. The number of rotatable bonds is 4. The summed E-state index contributed by atoms with van der Waals surface area (Å²) in [6.45, 7) is 4.32. The lowest BCUT2D eigenvalue weighted by Crippen LogP contribution is -2.28. The first-order valence-corrected chi connectivity index (χ1v) is 8.79. The number of hydrogen-bond donors (Lipinski definition) is 0. The minimum absolute atomic E-state index is 0.0834. The molecular formula is C12H15BrClNO3S. The van der Waals surface area contributed by atoms with Gasteiger partial charge < -0.3 is 4.90 Å². The molecular weight excluding hydrogens is 354 g/mol. The monoisotopic (exact) mass is 367 g/mol. The summed E-state index contributed by atoms with van der Waals surface area (Å²) in [5.41, 5.74) is 1.03. The molecule has 0 saturated carbocycles. The third-order valence-electron chi connectivity index (χ3n) is 2.74. The number of benzene rings is 1. The molecule has 19 heavy (non-hydrogen) atoms. The summed E-state index contributed by atoms with van der Waals surface area (Å²) < 4.78 is 23.3. The van der Waals surface area contributed by atoms with Crippen molar-refractivity contribution >= 4 is 41.6 Å². The fourth-order valence-corrected chi connectivity index (χ4v) is 3.06. The van der Waals surface area contributed by atoms with Gasteiger partial charge in [-0.15, -0.1) is 0 Å². The Kier molecular flexibility index (Phi) is 5.41. The van der Waals surface area contributed by atoms with Crippen LogP contribution in [-0.2, 0) is 9.05 Å². The Bertz CT molecular complexity index is 601. The fourth-order valence-electron chi connectivity index (χ4n) is 1.66. The maximum Gasteiger partial charge on any atom is 0.261 e. The Morgan fingerprint density at radius 2 is 2.00 bits per heavy atom. The summed E-state index contributed by atoms with van der Waals surface area (Å²) in [4.78, 5) is 13.7. The summed E-state index contributed by atoms with van der Waals surface area (Å²) >= 11 is 3.25. The molecule has 1 rings (SSSR count). The van der Waals surface area contributed by atoms with E-state index in [0.717, 1.165) is 6.42 Å². The van der Waals surface area contributed by atoms with Crippen molar-refractivity contribution in [2.45, 2.75) is 25.2 Å². The van der Waals surface area contributed by atoms with Gasteiger partial charge in [-0.2, -0.15) is 0 Å². The highest BCUT2D eigenvalue weighted by molar-refractivity contribution is 9.10. The number of amides is 1. The minimum Gasteiger partial charge on any atom is -0.342 e. The summed E-state index contributed by atoms with van der Waals surface area (Å²) in [5, 5.41) is 0. The maximum absolute atomic E-state index is 12.3. The number of nitrogens with zero attached hydrogens (tertiary/aromatic N) is 1. The molecule has 0 N–H and O–H groups in total. The van der Waals surface area contributed by atoms with Gasteiger partial charge in [0.25, 0.3) is 15.0 Å². The van der Waals surface area contributed by atoms with Gasteiger partial charge in [0.05, 0.1) is 4.90 Å². The highest BCUT2D eigenvalue weighted by Crippen LogP contribution is 2.27. The van der Waals surface area contributed by atoms with Crippen molar-refractivity contribution in [1.82, 2.24) is 4.90 Å². The van der Waals surface area contributed by atoms with Crippen LogP contribution < -0.4 is 0 Å². The summed E-state index contributed by atoms with van der Waals surface area (Å²) in [6.07, 6.45) is 0.829. The SMILES string of the molecule is CCCN(C)C(=O)c1cc(S(=O)(=O)Cl)cc(Br)c1C. The smallest absolute Gasteiger partial charge is 0.261 e. The Morgan fingerprint density at radius 3 is 2.47 bits per heavy atom. The molecule has 0 atom stereocenters. The van der Waals surface area contributed by atoms with E-state index < -0.39 is 9.05 Å². The van der Waals surface area contributed by atoms with Gasteiger partial charge >= 0.3 is 0 Å². The zero-order valence-corrected chi connectivity index (χ0v) is 14.1. The van der Waals surface area contributed by atoms with Crippen LogP contribution in [-0.4, -0.2) is 32.8 Å². The molecule has 0 aliphatic rings. The molecule has 0 aliphatic heterocycles. The Morgan fingerprint density at radius 1 is 1.42 bits per heavy atom. The molecule has 0 bridgehead atoms. The Balaban J connectivity index is 3.35. The summed E-state index contributed by atoms with van der Waals surface area (Å²) in [6, 6.07) is 2.71. The van der Waals surface area contributed by atoms with Crippen LogP contribution >= 0.6 is 26.6 Å². The highest BCUT2D eigenvalue weighted by Gasteiger charge is 2.20. The van der Waals surface area contributed by atoms with E-state index in [2.05, 4.69) is 15.9 Å². The van der Waals surface area contributed by atoms with Gasteiger partial charge in [0.2, 0.25) is 0 Å². The average Bonchev–Trinajstić information content (AvgIpc) is 2.30. The van der Waals surface area contributed by atoms with Gasteiger partial charge in [-0.3, -0.25) is 4.79 Å². The molecule has 0 aliphatic carbocycles. The molecule has 0 radical (unpaired) electrons. The summed E-state index contributed by atoms with van der Waals surface area (Å²) in [5.74, 6) is -0.220. The normalized spacial score (nSPS) is 11.4. The van der Waals surface area contributed by atoms with Crippen molar-refractivity contribution in [3.63, 3.8) is 0 Å². The molecule has 1 amide bonds. The molecule has 106 valence electrons. The topological polar surface area (TPSA) is 54.5 Å². The van der Waals surface area contributed by atoms with E-state index in [4.69, 9.17) is 10.7 Å². The number of carbonyl (C=O) groups is 1. The van der Waals surface area contributed by atoms with E-state index in [1.165, 1.54) is 12.1 Å². The van der Waals surface area contributed by atoms with Crippen LogP contribution in [0.3, 0.4) is 0 Å². The quantitative estimate of drug-likeness (QED) is 0.767. The number of carbonyl (C=O) groups excluding carboxylic acids is 1. The predicted octanol–water partition coefficient (Wildman–Crippen LogP) is 3.17. The van der Waals surface area contributed by atoms with Crippen LogP contribution in [0.4, 0.5) is 0 Å². The van der Waals surface area contributed by atoms with Gasteiger partial charge in [-0.05, 0) is 31.0 Å². The zero-order valence-electron chi connectivity index (χ0n) is 10.9. The molecule has 0 fully saturated rings. The Labute approximate surface area is 126 Å². The van der Waals surface area contributed by atoms with Crippen molar-refractivity contribution in [2.24, 2.45) is 0 Å². The largest absolute Gasteiger partial charge is 0.342 e. The molecule has 0 aromatic heterocycles. The van der Waals surface area contributed by atoms with E-state index in [-0.39, 0.29) is 10.8 Å². The molecule has 1 aromatic rings. The van der Waals surface area contributed by atoms with Crippen molar-refractivity contribution < 1.29 is 13.2 Å². The van der Waals surface area contributed by atoms with Crippen LogP contribution in [0.1, 0.15) is 29.3 Å². The average molecular weight is 369 g/mol. The second-order valence-corrected chi connectivity index (χ2v) is 7.66. The molecule has 4 nitrogen and oxygen atoms in total. The molecule has 0 saturated heterocycles. The van der Waals surface area contributed by atoms with Crippen molar-refractivity contribution in [2.75, 3.05) is 13.6 Å².